The van der Waals surface area contributed by atoms with Gasteiger partial charge >= 0.3 is 5.97 Å². The van der Waals surface area contributed by atoms with Gasteiger partial charge < -0.3 is 24.4 Å². The molecule has 1 aromatic carbocycles. The molecule has 6 nitrogen and oxygen atoms in total. The number of ether oxygens (including phenoxy) is 3. The number of benzene rings is 1. The van der Waals surface area contributed by atoms with Crippen molar-refractivity contribution in [3.8, 4) is 5.75 Å². The third-order valence-electron chi connectivity index (χ3n) is 5.76. The van der Waals surface area contributed by atoms with E-state index in [4.69, 9.17) is 19.3 Å². The van der Waals surface area contributed by atoms with Crippen LogP contribution < -0.4 is 0 Å². The largest absolute Gasteiger partial charge is 0.508 e. The Morgan fingerprint density at radius 1 is 0.818 bits per heavy atom. The Morgan fingerprint density at radius 3 is 1.88 bits per heavy atom. The van der Waals surface area contributed by atoms with Gasteiger partial charge in [0.25, 0.3) is 0 Å². The number of carbonyl (C=O) groups is 1. The number of aliphatic hydroxyl groups excluding tert-OH is 1. The Bertz CT molecular complexity index is 624. The van der Waals surface area contributed by atoms with E-state index in [-0.39, 0.29) is 30.7 Å². The average molecular weight is 465 g/mol. The second kappa shape index (κ2) is 19.6. The maximum Gasteiger partial charge on any atom is 0.331 e. The molecule has 0 saturated heterocycles. The Kier molecular flexibility index (Phi) is 17.3. The summed E-state index contributed by atoms with van der Waals surface area (Å²) in [6, 6.07) is 6.69. The van der Waals surface area contributed by atoms with E-state index in [0.29, 0.717) is 0 Å². The van der Waals surface area contributed by atoms with Crippen LogP contribution >= 0.6 is 0 Å². The molecule has 33 heavy (non-hydrogen) atoms. The van der Waals surface area contributed by atoms with E-state index < -0.39 is 0 Å². The van der Waals surface area contributed by atoms with Crippen molar-refractivity contribution in [3.05, 3.63) is 35.9 Å². The number of hydrogen-bond acceptors (Lipinski definition) is 6. The summed E-state index contributed by atoms with van der Waals surface area (Å²) in [4.78, 5) is 12.3. The summed E-state index contributed by atoms with van der Waals surface area (Å²) >= 11 is 0. The van der Waals surface area contributed by atoms with Crippen LogP contribution in [0.4, 0.5) is 0 Å². The van der Waals surface area contributed by atoms with Crippen LogP contribution in [0.15, 0.2) is 30.3 Å². The molecule has 0 unspecified atom stereocenters. The third kappa shape index (κ3) is 15.6. The number of aromatic hydroxyl groups is 1. The van der Waals surface area contributed by atoms with Gasteiger partial charge in [0.2, 0.25) is 0 Å². The fraction of sp³-hybridized carbons (Fsp3) is 0.667. The van der Waals surface area contributed by atoms with Crippen molar-refractivity contribution in [2.75, 3.05) is 20.8 Å². The van der Waals surface area contributed by atoms with E-state index in [0.717, 1.165) is 69.8 Å². The minimum absolute atomic E-state index is 0.0692. The van der Waals surface area contributed by atoms with Gasteiger partial charge in [0.05, 0.1) is 0 Å². The first-order valence-electron chi connectivity index (χ1n) is 12.4. The third-order valence-corrected chi connectivity index (χ3v) is 5.76. The molecule has 2 N–H and O–H groups in total. The molecule has 6 heteroatoms. The molecule has 0 spiro atoms. The monoisotopic (exact) mass is 464 g/mol. The zero-order valence-corrected chi connectivity index (χ0v) is 20.5. The minimum atomic E-state index is -0.325. The molecule has 0 aliphatic rings. The summed E-state index contributed by atoms with van der Waals surface area (Å²) < 4.78 is 16.2. The van der Waals surface area contributed by atoms with Gasteiger partial charge in [-0.05, 0) is 68.7 Å². The number of rotatable bonds is 20. The zero-order valence-electron chi connectivity index (χ0n) is 20.5. The lowest BCUT2D eigenvalue weighted by Crippen LogP contribution is -2.17. The first-order chi connectivity index (χ1) is 16.1. The molecule has 1 aromatic rings. The summed E-state index contributed by atoms with van der Waals surface area (Å²) in [7, 11) is 3.35. The lowest BCUT2D eigenvalue weighted by atomic mass is 10.0. The number of carbonyl (C=O) groups excluding carboxylic acids is 1. The average Bonchev–Trinajstić information content (AvgIpc) is 2.82. The lowest BCUT2D eigenvalue weighted by Gasteiger charge is -2.17. The molecule has 1 rings (SSSR count). The molecule has 0 aromatic heterocycles. The van der Waals surface area contributed by atoms with E-state index in [1.54, 1.807) is 44.6 Å². The highest BCUT2D eigenvalue weighted by atomic mass is 16.7. The molecule has 0 saturated carbocycles. The van der Waals surface area contributed by atoms with Gasteiger partial charge in [0, 0.05) is 26.9 Å². The Morgan fingerprint density at radius 2 is 1.33 bits per heavy atom. The predicted molar refractivity (Wildman–Crippen MR) is 132 cm³/mol. The maximum absolute atomic E-state index is 12.3. The number of aliphatic hydroxyl groups is 1. The van der Waals surface area contributed by atoms with Crippen LogP contribution in [0.2, 0.25) is 0 Å². The minimum Gasteiger partial charge on any atom is -0.508 e. The van der Waals surface area contributed by atoms with Gasteiger partial charge in [-0.1, -0.05) is 50.7 Å². The van der Waals surface area contributed by atoms with E-state index >= 15 is 0 Å². The van der Waals surface area contributed by atoms with Crippen molar-refractivity contribution in [1.29, 1.82) is 0 Å². The molecule has 1 atom stereocenters. The van der Waals surface area contributed by atoms with Gasteiger partial charge in [-0.15, -0.1) is 0 Å². The quantitative estimate of drug-likeness (QED) is 0.107. The summed E-state index contributed by atoms with van der Waals surface area (Å²) in [5, 5.41) is 18.3. The van der Waals surface area contributed by atoms with Gasteiger partial charge in [-0.3, -0.25) is 0 Å². The molecule has 0 radical (unpaired) electrons. The molecular formula is C27H44O6. The molecule has 0 heterocycles. The van der Waals surface area contributed by atoms with Crippen LogP contribution in [0.25, 0.3) is 6.08 Å². The van der Waals surface area contributed by atoms with Crippen molar-refractivity contribution in [1.82, 2.24) is 0 Å². The Labute approximate surface area is 199 Å². The van der Waals surface area contributed by atoms with Crippen LogP contribution in [-0.4, -0.2) is 49.4 Å². The second-order valence-corrected chi connectivity index (χ2v) is 8.51. The fourth-order valence-corrected chi connectivity index (χ4v) is 3.77. The normalized spacial score (nSPS) is 12.5. The van der Waals surface area contributed by atoms with Crippen molar-refractivity contribution in [2.24, 2.45) is 0 Å². The number of unbranched alkanes of at least 4 members (excludes halogenated alkanes) is 8. The molecule has 188 valence electrons. The first kappa shape index (κ1) is 29.1. The topological polar surface area (TPSA) is 85.2 Å². The number of esters is 1. The van der Waals surface area contributed by atoms with Crippen molar-refractivity contribution < 1.29 is 29.2 Å². The van der Waals surface area contributed by atoms with Crippen LogP contribution in [0.3, 0.4) is 0 Å². The number of methoxy groups -OCH3 is 2. The van der Waals surface area contributed by atoms with Crippen LogP contribution in [0.5, 0.6) is 5.75 Å². The standard InChI is InChI=1S/C27H44O6/c1-31-27(32-2)15-11-6-4-3-5-9-13-25(14-10-7-8-12-22-28)33-26(30)21-18-23-16-19-24(29)20-17-23/h16-21,25,27-29H,3-15,22H2,1-2H3/b21-18-/t25-/m1/s1. The van der Waals surface area contributed by atoms with Gasteiger partial charge in [0.15, 0.2) is 6.29 Å². The van der Waals surface area contributed by atoms with E-state index in [1.807, 2.05) is 0 Å². The number of hydrogen-bond donors (Lipinski definition) is 2. The Balaban J connectivity index is 2.33. The molecule has 0 aliphatic heterocycles. The van der Waals surface area contributed by atoms with Gasteiger partial charge in [0.1, 0.15) is 11.9 Å². The maximum atomic E-state index is 12.3. The molecule has 0 aliphatic carbocycles. The van der Waals surface area contributed by atoms with Crippen molar-refractivity contribution in [3.63, 3.8) is 0 Å². The summed E-state index contributed by atoms with van der Waals surface area (Å²) in [6.45, 7) is 0.234. The van der Waals surface area contributed by atoms with Crippen molar-refractivity contribution >= 4 is 12.0 Å². The summed E-state index contributed by atoms with van der Waals surface area (Å²) in [5.74, 6) is -0.126. The molecule has 0 fully saturated rings. The van der Waals surface area contributed by atoms with E-state index in [2.05, 4.69) is 0 Å². The van der Waals surface area contributed by atoms with E-state index in [9.17, 15) is 9.90 Å². The van der Waals surface area contributed by atoms with Gasteiger partial charge in [-0.2, -0.15) is 0 Å². The van der Waals surface area contributed by atoms with Gasteiger partial charge in [-0.25, -0.2) is 4.79 Å². The lowest BCUT2D eigenvalue weighted by molar-refractivity contribution is -0.143. The van der Waals surface area contributed by atoms with Crippen LogP contribution in [-0.2, 0) is 19.0 Å². The molecular weight excluding hydrogens is 420 g/mol. The Hall–Kier alpha value is -1.89. The predicted octanol–water partition coefficient (Wildman–Crippen LogP) is 6.00. The highest BCUT2D eigenvalue weighted by Gasteiger charge is 2.13. The zero-order chi connectivity index (χ0) is 24.2. The molecule has 0 bridgehead atoms. The van der Waals surface area contributed by atoms with Crippen LogP contribution in [0.1, 0.15) is 89.0 Å². The fourth-order valence-electron chi connectivity index (χ4n) is 3.77. The van der Waals surface area contributed by atoms with Crippen molar-refractivity contribution in [2.45, 2.75) is 95.9 Å². The summed E-state index contributed by atoms with van der Waals surface area (Å²) in [6.07, 6.45) is 16.4. The van der Waals surface area contributed by atoms with Crippen LogP contribution in [0, 0.1) is 0 Å². The number of phenols is 1. The highest BCUT2D eigenvalue weighted by Crippen LogP contribution is 2.18. The highest BCUT2D eigenvalue weighted by molar-refractivity contribution is 5.87. The SMILES string of the molecule is COC(CCCCCCCC[C@H](CCCCCCO)OC(=O)/C=C\c1ccc(O)cc1)OC. The summed E-state index contributed by atoms with van der Waals surface area (Å²) in [5.41, 5.74) is 0.840. The van der Waals surface area contributed by atoms with E-state index in [1.165, 1.54) is 25.3 Å². The number of phenolic OH excluding ortho intramolecular Hbond substituents is 1. The second-order valence-electron chi connectivity index (χ2n) is 8.51. The molecule has 0 amide bonds. The first-order valence-corrected chi connectivity index (χ1v) is 12.4. The smallest absolute Gasteiger partial charge is 0.331 e.